The minimum Gasteiger partial charge on any atom is -0.493 e. The molecule has 1 amide bonds. The number of rotatable bonds is 8. The quantitative estimate of drug-likeness (QED) is 0.667. The summed E-state index contributed by atoms with van der Waals surface area (Å²) in [4.78, 5) is 11.9. The molecule has 0 radical (unpaired) electrons. The number of benzene rings is 2. The summed E-state index contributed by atoms with van der Waals surface area (Å²) in [6, 6.07) is 7.57. The maximum absolute atomic E-state index is 12.9. The molecule has 0 fully saturated rings. The number of alkyl halides is 2. The van der Waals surface area contributed by atoms with Crippen LogP contribution < -0.4 is 14.8 Å². The summed E-state index contributed by atoms with van der Waals surface area (Å²) in [7, 11) is -3.52. The second-order valence-electron chi connectivity index (χ2n) is 5.59. The maximum Gasteiger partial charge on any atom is 0.341 e. The number of carbonyl (C=O) groups is 1. The number of methoxy groups -OCH3 is 1. The lowest BCUT2D eigenvalue weighted by Crippen LogP contribution is -2.18. The molecular weight excluding hydrogens is 416 g/mol. The summed E-state index contributed by atoms with van der Waals surface area (Å²) >= 11 is 6.16. The number of hydrogen-bond acceptors (Lipinski definition) is 5. The minimum absolute atomic E-state index is 0.0370. The van der Waals surface area contributed by atoms with Crippen LogP contribution in [0.15, 0.2) is 41.3 Å². The summed E-state index contributed by atoms with van der Waals surface area (Å²) in [6.07, 6.45) is 0.733. The zero-order valence-corrected chi connectivity index (χ0v) is 16.6. The molecule has 0 spiro atoms. The van der Waals surface area contributed by atoms with Crippen molar-refractivity contribution in [2.75, 3.05) is 19.0 Å². The summed E-state index contributed by atoms with van der Waals surface area (Å²) in [5.41, 5.74) is -0.232. The highest BCUT2D eigenvalue weighted by atomic mass is 35.5. The fourth-order valence-electron chi connectivity index (χ4n) is 2.30. The molecule has 10 heteroatoms. The Bertz CT molecular complexity index is 966. The summed E-state index contributed by atoms with van der Waals surface area (Å²) in [5.74, 6) is -3.89. The molecule has 0 bridgehead atoms. The van der Waals surface area contributed by atoms with Gasteiger partial charge in [-0.2, -0.15) is 8.78 Å². The van der Waals surface area contributed by atoms with E-state index in [4.69, 9.17) is 21.1 Å². The number of amides is 1. The van der Waals surface area contributed by atoms with Crippen LogP contribution >= 0.6 is 11.6 Å². The number of anilines is 1. The van der Waals surface area contributed by atoms with E-state index in [2.05, 4.69) is 5.32 Å². The molecule has 0 aliphatic heterocycles. The molecular formula is C18H18ClF2NO5S. The van der Waals surface area contributed by atoms with Gasteiger partial charge in [0, 0.05) is 5.56 Å². The third-order valence-electron chi connectivity index (χ3n) is 3.62. The first-order valence-corrected chi connectivity index (χ1v) is 10.1. The molecule has 2 aromatic carbocycles. The van der Waals surface area contributed by atoms with Crippen molar-refractivity contribution < 1.29 is 31.5 Å². The second kappa shape index (κ2) is 9.20. The molecule has 0 unspecified atom stereocenters. The van der Waals surface area contributed by atoms with E-state index >= 15 is 0 Å². The average molecular weight is 434 g/mol. The zero-order valence-electron chi connectivity index (χ0n) is 15.0. The lowest BCUT2D eigenvalue weighted by Gasteiger charge is -2.15. The molecule has 0 aliphatic rings. The molecule has 6 nitrogen and oxygen atoms in total. The molecule has 2 aromatic rings. The highest BCUT2D eigenvalue weighted by Crippen LogP contribution is 2.37. The van der Waals surface area contributed by atoms with Crippen molar-refractivity contribution in [2.24, 2.45) is 0 Å². The van der Waals surface area contributed by atoms with Crippen LogP contribution in [0.3, 0.4) is 0 Å². The van der Waals surface area contributed by atoms with Crippen LogP contribution in [-0.4, -0.2) is 33.8 Å². The molecule has 0 aromatic heterocycles. The molecule has 0 atom stereocenters. The van der Waals surface area contributed by atoms with Gasteiger partial charge in [0.15, 0.2) is 11.5 Å². The minimum atomic E-state index is -4.89. The third-order valence-corrected chi connectivity index (χ3v) is 5.34. The highest BCUT2D eigenvalue weighted by Gasteiger charge is 2.29. The normalized spacial score (nSPS) is 11.4. The highest BCUT2D eigenvalue weighted by molar-refractivity contribution is 7.91. The van der Waals surface area contributed by atoms with Crippen molar-refractivity contribution in [3.05, 3.63) is 47.0 Å². The van der Waals surface area contributed by atoms with Gasteiger partial charge in [0.05, 0.1) is 29.3 Å². The first kappa shape index (κ1) is 21.9. The number of nitrogens with one attached hydrogen (secondary N) is 1. The number of carbonyl (C=O) groups excluding carboxylic acids is 1. The molecule has 0 aliphatic carbocycles. The van der Waals surface area contributed by atoms with Crippen molar-refractivity contribution in [1.82, 2.24) is 0 Å². The number of ether oxygens (including phenoxy) is 2. The van der Waals surface area contributed by atoms with E-state index in [1.807, 2.05) is 6.92 Å². The average Bonchev–Trinajstić information content (AvgIpc) is 2.66. The number of hydrogen-bond donors (Lipinski definition) is 1. The second-order valence-corrected chi connectivity index (χ2v) is 7.89. The van der Waals surface area contributed by atoms with Crippen molar-refractivity contribution >= 4 is 33.0 Å². The van der Waals surface area contributed by atoms with Gasteiger partial charge in [-0.25, -0.2) is 8.42 Å². The van der Waals surface area contributed by atoms with E-state index in [-0.39, 0.29) is 27.8 Å². The van der Waals surface area contributed by atoms with Crippen molar-refractivity contribution in [1.29, 1.82) is 0 Å². The summed E-state index contributed by atoms with van der Waals surface area (Å²) in [5, 5.41) is 2.44. The Morgan fingerprint density at radius 3 is 2.54 bits per heavy atom. The van der Waals surface area contributed by atoms with Gasteiger partial charge in [0.2, 0.25) is 9.84 Å². The van der Waals surface area contributed by atoms with Gasteiger partial charge >= 0.3 is 5.76 Å². The van der Waals surface area contributed by atoms with Crippen molar-refractivity contribution in [3.63, 3.8) is 0 Å². The van der Waals surface area contributed by atoms with E-state index in [1.165, 1.54) is 37.4 Å². The van der Waals surface area contributed by atoms with Gasteiger partial charge in [-0.3, -0.25) is 4.79 Å². The SMILES string of the molecule is CCCOc1c(Cl)cc(C(=O)Nc2ccccc2S(=O)(=O)C(F)F)cc1OC. The molecule has 152 valence electrons. The molecule has 0 saturated carbocycles. The van der Waals surface area contributed by atoms with Crippen LogP contribution in [0.4, 0.5) is 14.5 Å². The first-order valence-electron chi connectivity index (χ1n) is 8.15. The smallest absolute Gasteiger partial charge is 0.341 e. The van der Waals surface area contributed by atoms with Gasteiger partial charge in [0.1, 0.15) is 0 Å². The van der Waals surface area contributed by atoms with E-state index in [0.717, 1.165) is 12.5 Å². The zero-order chi connectivity index (χ0) is 20.9. The maximum atomic E-state index is 12.9. The number of halogens is 3. The van der Waals surface area contributed by atoms with Gasteiger partial charge in [-0.1, -0.05) is 30.7 Å². The van der Waals surface area contributed by atoms with Gasteiger partial charge in [0.25, 0.3) is 5.91 Å². The third kappa shape index (κ3) is 4.71. The Hall–Kier alpha value is -2.39. The molecule has 0 saturated heterocycles. The predicted molar refractivity (Wildman–Crippen MR) is 101 cm³/mol. The Kier molecular flexibility index (Phi) is 7.20. The van der Waals surface area contributed by atoms with Crippen molar-refractivity contribution in [2.45, 2.75) is 24.0 Å². The van der Waals surface area contributed by atoms with Crippen molar-refractivity contribution in [3.8, 4) is 11.5 Å². The van der Waals surface area contributed by atoms with Crippen LogP contribution in [0.2, 0.25) is 5.02 Å². The summed E-state index contributed by atoms with van der Waals surface area (Å²) in [6.45, 7) is 2.30. The lowest BCUT2D eigenvalue weighted by atomic mass is 10.1. The van der Waals surface area contributed by atoms with E-state index in [1.54, 1.807) is 0 Å². The molecule has 28 heavy (non-hydrogen) atoms. The van der Waals surface area contributed by atoms with Gasteiger partial charge in [-0.15, -0.1) is 0 Å². The largest absolute Gasteiger partial charge is 0.493 e. The topological polar surface area (TPSA) is 81.7 Å². The van der Waals surface area contributed by atoms with Gasteiger partial charge < -0.3 is 14.8 Å². The lowest BCUT2D eigenvalue weighted by molar-refractivity contribution is 0.102. The fraction of sp³-hybridized carbons (Fsp3) is 0.278. The molecule has 0 heterocycles. The van der Waals surface area contributed by atoms with E-state index < -0.39 is 26.4 Å². The molecule has 2 rings (SSSR count). The van der Waals surface area contributed by atoms with Crippen LogP contribution in [0.5, 0.6) is 11.5 Å². The van der Waals surface area contributed by atoms with Gasteiger partial charge in [-0.05, 0) is 30.7 Å². The Labute approximate surface area is 166 Å². The van der Waals surface area contributed by atoms with Crippen LogP contribution in [0.1, 0.15) is 23.7 Å². The van der Waals surface area contributed by atoms with Crippen LogP contribution in [0.25, 0.3) is 0 Å². The van der Waals surface area contributed by atoms with Crippen LogP contribution in [0, 0.1) is 0 Å². The Balaban J connectivity index is 2.38. The number of para-hydroxylation sites is 1. The van der Waals surface area contributed by atoms with E-state index in [9.17, 15) is 22.0 Å². The standard InChI is InChI=1S/C18H18ClF2NO5S/c1-3-8-27-16-12(19)9-11(10-14(16)26-2)17(23)22-13-6-4-5-7-15(13)28(24,25)18(20)21/h4-7,9-10,18H,3,8H2,1-2H3,(H,22,23). The summed E-state index contributed by atoms with van der Waals surface area (Å²) < 4.78 is 60.1. The first-order chi connectivity index (χ1) is 13.2. The number of sulfone groups is 1. The van der Waals surface area contributed by atoms with Crippen LogP contribution in [-0.2, 0) is 9.84 Å². The van der Waals surface area contributed by atoms with E-state index in [0.29, 0.717) is 6.61 Å². The monoisotopic (exact) mass is 433 g/mol. The molecule has 1 N–H and O–H groups in total. The fourth-order valence-corrected chi connectivity index (χ4v) is 3.45. The Morgan fingerprint density at radius 2 is 1.93 bits per heavy atom. The Morgan fingerprint density at radius 1 is 1.25 bits per heavy atom. The predicted octanol–water partition coefficient (Wildman–Crippen LogP) is 4.39.